The topological polar surface area (TPSA) is 46.9 Å². The number of carbonyl (C=O) groups is 1. The number of hydrogen-bond acceptors (Lipinski definition) is 2. The first-order chi connectivity index (χ1) is 13.0. The SMILES string of the molecule is Cc1ccc(F)cc1NC(=O)c1ccc2c(c1)nc(C)n2-c1ccccc1. The fourth-order valence-electron chi connectivity index (χ4n) is 3.17. The lowest BCUT2D eigenvalue weighted by atomic mass is 10.1. The molecule has 3 aromatic carbocycles. The summed E-state index contributed by atoms with van der Waals surface area (Å²) in [6.45, 7) is 3.76. The molecular weight excluding hydrogens is 341 g/mol. The van der Waals surface area contributed by atoms with E-state index in [9.17, 15) is 9.18 Å². The molecule has 0 aliphatic rings. The van der Waals surface area contributed by atoms with Crippen LogP contribution in [-0.4, -0.2) is 15.5 Å². The molecule has 1 heterocycles. The molecule has 1 N–H and O–H groups in total. The van der Waals surface area contributed by atoms with Crippen molar-refractivity contribution in [2.24, 2.45) is 0 Å². The minimum Gasteiger partial charge on any atom is -0.322 e. The Morgan fingerprint density at radius 3 is 2.56 bits per heavy atom. The van der Waals surface area contributed by atoms with Gasteiger partial charge in [0, 0.05) is 16.9 Å². The van der Waals surface area contributed by atoms with Crippen molar-refractivity contribution >= 4 is 22.6 Å². The third-order valence-electron chi connectivity index (χ3n) is 4.55. The number of hydrogen-bond donors (Lipinski definition) is 1. The molecule has 0 aliphatic heterocycles. The van der Waals surface area contributed by atoms with Gasteiger partial charge in [-0.05, 0) is 61.9 Å². The van der Waals surface area contributed by atoms with Crippen LogP contribution in [0.25, 0.3) is 16.7 Å². The summed E-state index contributed by atoms with van der Waals surface area (Å²) in [7, 11) is 0. The fraction of sp³-hybridized carbons (Fsp3) is 0.0909. The van der Waals surface area contributed by atoms with Gasteiger partial charge in [0.15, 0.2) is 0 Å². The first-order valence-corrected chi connectivity index (χ1v) is 8.65. The van der Waals surface area contributed by atoms with Gasteiger partial charge in [-0.15, -0.1) is 0 Å². The monoisotopic (exact) mass is 359 g/mol. The summed E-state index contributed by atoms with van der Waals surface area (Å²) >= 11 is 0. The number of amides is 1. The summed E-state index contributed by atoms with van der Waals surface area (Å²) in [4.78, 5) is 17.2. The fourth-order valence-corrected chi connectivity index (χ4v) is 3.17. The van der Waals surface area contributed by atoms with E-state index in [2.05, 4.69) is 10.3 Å². The van der Waals surface area contributed by atoms with E-state index in [1.54, 1.807) is 18.2 Å². The number of benzene rings is 3. The molecule has 5 heteroatoms. The third-order valence-corrected chi connectivity index (χ3v) is 4.55. The number of nitrogens with zero attached hydrogens (tertiary/aromatic N) is 2. The molecule has 0 spiro atoms. The molecule has 0 saturated heterocycles. The average molecular weight is 359 g/mol. The highest BCUT2D eigenvalue weighted by atomic mass is 19.1. The minimum absolute atomic E-state index is 0.294. The van der Waals surface area contributed by atoms with Gasteiger partial charge in [-0.1, -0.05) is 24.3 Å². The second kappa shape index (κ2) is 6.68. The van der Waals surface area contributed by atoms with Gasteiger partial charge < -0.3 is 5.32 Å². The van der Waals surface area contributed by atoms with Crippen molar-refractivity contribution in [2.45, 2.75) is 13.8 Å². The number of aromatic nitrogens is 2. The van der Waals surface area contributed by atoms with Gasteiger partial charge in [0.1, 0.15) is 11.6 Å². The zero-order chi connectivity index (χ0) is 19.0. The molecule has 4 nitrogen and oxygen atoms in total. The van der Waals surface area contributed by atoms with Crippen molar-refractivity contribution in [1.82, 2.24) is 9.55 Å². The number of imidazole rings is 1. The highest BCUT2D eigenvalue weighted by Gasteiger charge is 2.13. The molecular formula is C22H18FN3O. The van der Waals surface area contributed by atoms with Crippen molar-refractivity contribution in [2.75, 3.05) is 5.32 Å². The van der Waals surface area contributed by atoms with Gasteiger partial charge in [0.25, 0.3) is 5.91 Å². The normalized spacial score (nSPS) is 10.9. The molecule has 4 rings (SSSR count). The molecule has 4 aromatic rings. The Balaban J connectivity index is 1.70. The van der Waals surface area contributed by atoms with E-state index >= 15 is 0 Å². The van der Waals surface area contributed by atoms with Gasteiger partial charge in [-0.2, -0.15) is 0 Å². The third kappa shape index (κ3) is 3.19. The largest absolute Gasteiger partial charge is 0.322 e. The van der Waals surface area contributed by atoms with E-state index in [1.165, 1.54) is 12.1 Å². The summed E-state index contributed by atoms with van der Waals surface area (Å²) in [6, 6.07) is 19.7. The summed E-state index contributed by atoms with van der Waals surface area (Å²) in [5.74, 6) is 0.163. The Bertz CT molecular complexity index is 1150. The molecule has 0 fully saturated rings. The number of nitrogens with one attached hydrogen (secondary N) is 1. The number of carbonyl (C=O) groups excluding carboxylic acids is 1. The Morgan fingerprint density at radius 1 is 1.00 bits per heavy atom. The van der Waals surface area contributed by atoms with Gasteiger partial charge in [0.2, 0.25) is 0 Å². The van der Waals surface area contributed by atoms with Crippen LogP contribution in [0, 0.1) is 19.7 Å². The number of aryl methyl sites for hydroxylation is 2. The summed E-state index contributed by atoms with van der Waals surface area (Å²) in [5.41, 5.74) is 4.42. The highest BCUT2D eigenvalue weighted by Crippen LogP contribution is 2.23. The molecule has 0 saturated carbocycles. The van der Waals surface area contributed by atoms with Crippen LogP contribution >= 0.6 is 0 Å². The van der Waals surface area contributed by atoms with E-state index in [0.29, 0.717) is 11.3 Å². The predicted molar refractivity (Wildman–Crippen MR) is 105 cm³/mol. The van der Waals surface area contributed by atoms with E-state index in [-0.39, 0.29) is 11.7 Å². The maximum Gasteiger partial charge on any atom is 0.255 e. The van der Waals surface area contributed by atoms with E-state index in [1.807, 2.05) is 54.8 Å². The maximum absolute atomic E-state index is 13.5. The van der Waals surface area contributed by atoms with Crippen molar-refractivity contribution in [3.63, 3.8) is 0 Å². The van der Waals surface area contributed by atoms with Crippen LogP contribution in [-0.2, 0) is 0 Å². The number of halogens is 1. The summed E-state index contributed by atoms with van der Waals surface area (Å²) in [5, 5.41) is 2.77. The van der Waals surface area contributed by atoms with Gasteiger partial charge in [-0.25, -0.2) is 9.37 Å². The van der Waals surface area contributed by atoms with E-state index in [4.69, 9.17) is 0 Å². The van der Waals surface area contributed by atoms with Crippen molar-refractivity contribution in [1.29, 1.82) is 0 Å². The lowest BCUT2D eigenvalue weighted by Gasteiger charge is -2.09. The van der Waals surface area contributed by atoms with Crippen LogP contribution in [0.15, 0.2) is 66.7 Å². The lowest BCUT2D eigenvalue weighted by Crippen LogP contribution is -2.13. The first-order valence-electron chi connectivity index (χ1n) is 8.65. The lowest BCUT2D eigenvalue weighted by molar-refractivity contribution is 0.102. The van der Waals surface area contributed by atoms with Gasteiger partial charge in [0.05, 0.1) is 11.0 Å². The smallest absolute Gasteiger partial charge is 0.255 e. The zero-order valence-electron chi connectivity index (χ0n) is 15.0. The Kier molecular flexibility index (Phi) is 4.20. The molecule has 27 heavy (non-hydrogen) atoms. The molecule has 134 valence electrons. The second-order valence-corrected chi connectivity index (χ2v) is 6.45. The molecule has 0 bridgehead atoms. The molecule has 0 aliphatic carbocycles. The van der Waals surface area contributed by atoms with Crippen LogP contribution in [0.2, 0.25) is 0 Å². The number of anilines is 1. The maximum atomic E-state index is 13.5. The Hall–Kier alpha value is -3.47. The Labute approximate surface area is 156 Å². The molecule has 1 aromatic heterocycles. The highest BCUT2D eigenvalue weighted by molar-refractivity contribution is 6.06. The van der Waals surface area contributed by atoms with Crippen LogP contribution in [0.5, 0.6) is 0 Å². The predicted octanol–water partition coefficient (Wildman–Crippen LogP) is 5.03. The van der Waals surface area contributed by atoms with Crippen molar-refractivity contribution in [3.8, 4) is 5.69 Å². The van der Waals surface area contributed by atoms with Crippen LogP contribution in [0.3, 0.4) is 0 Å². The van der Waals surface area contributed by atoms with Crippen LogP contribution in [0.4, 0.5) is 10.1 Å². The number of para-hydroxylation sites is 1. The molecule has 0 unspecified atom stereocenters. The van der Waals surface area contributed by atoms with Crippen molar-refractivity contribution < 1.29 is 9.18 Å². The quantitative estimate of drug-likeness (QED) is 0.557. The number of fused-ring (bicyclic) bond motifs is 1. The van der Waals surface area contributed by atoms with Crippen LogP contribution < -0.4 is 5.32 Å². The summed E-state index contributed by atoms with van der Waals surface area (Å²) < 4.78 is 15.5. The van der Waals surface area contributed by atoms with E-state index < -0.39 is 0 Å². The zero-order valence-corrected chi connectivity index (χ0v) is 15.0. The molecule has 1 amide bonds. The standard InChI is InChI=1S/C22H18FN3O/c1-14-8-10-17(23)13-19(14)25-22(27)16-9-11-21-20(12-16)24-15(2)26(21)18-6-4-3-5-7-18/h3-13H,1-2H3,(H,25,27). The van der Waals surface area contributed by atoms with Gasteiger partial charge >= 0.3 is 0 Å². The number of rotatable bonds is 3. The summed E-state index contributed by atoms with van der Waals surface area (Å²) in [6.07, 6.45) is 0. The Morgan fingerprint density at radius 2 is 1.78 bits per heavy atom. The minimum atomic E-state index is -0.386. The first kappa shape index (κ1) is 17.0. The van der Waals surface area contributed by atoms with Gasteiger partial charge in [-0.3, -0.25) is 9.36 Å². The molecule has 0 radical (unpaired) electrons. The molecule has 0 atom stereocenters. The average Bonchev–Trinajstić information content (AvgIpc) is 3.00. The van der Waals surface area contributed by atoms with Crippen LogP contribution in [0.1, 0.15) is 21.7 Å². The van der Waals surface area contributed by atoms with E-state index in [0.717, 1.165) is 28.1 Å². The second-order valence-electron chi connectivity index (χ2n) is 6.45. The van der Waals surface area contributed by atoms with Crippen molar-refractivity contribution in [3.05, 3.63) is 89.5 Å².